The van der Waals surface area contributed by atoms with E-state index in [9.17, 15) is 0 Å². The summed E-state index contributed by atoms with van der Waals surface area (Å²) in [4.78, 5) is 0. The molecule has 0 aromatic rings. The van der Waals surface area contributed by atoms with Crippen LogP contribution in [0.1, 0.15) is 0 Å². The van der Waals surface area contributed by atoms with Crippen LogP contribution in [0.2, 0.25) is 0 Å². The SMILES string of the molecule is CO.[Cl][SbH2]. The topological polar surface area (TPSA) is 20.2 Å². The van der Waals surface area contributed by atoms with Gasteiger partial charge in [0.15, 0.2) is 0 Å². The monoisotopic (exact) mass is 190 g/mol. The summed E-state index contributed by atoms with van der Waals surface area (Å²) in [5.74, 6) is 0. The molecular formula is CH6ClOSb. The van der Waals surface area contributed by atoms with E-state index >= 15 is 0 Å². The van der Waals surface area contributed by atoms with E-state index < -0.39 is 0 Å². The quantitative estimate of drug-likeness (QED) is 0.506. The number of hydrogen-bond acceptors (Lipinski definition) is 1. The van der Waals surface area contributed by atoms with E-state index in [0.29, 0.717) is 0 Å². The number of aliphatic hydroxyl groups is 1. The first-order chi connectivity index (χ1) is 2.00. The summed E-state index contributed by atoms with van der Waals surface area (Å²) in [6.45, 7) is 0. The van der Waals surface area contributed by atoms with Crippen LogP contribution in [0.3, 0.4) is 0 Å². The van der Waals surface area contributed by atoms with Gasteiger partial charge in [0.05, 0.1) is 0 Å². The van der Waals surface area contributed by atoms with Gasteiger partial charge in [-0.3, -0.25) is 0 Å². The summed E-state index contributed by atoms with van der Waals surface area (Å²) in [7, 11) is 5.77. The third-order valence-electron chi connectivity index (χ3n) is 0. The van der Waals surface area contributed by atoms with E-state index in [1.165, 1.54) is 0 Å². The fraction of sp³-hybridized carbons (Fsp3) is 1.00. The van der Waals surface area contributed by atoms with Crippen molar-refractivity contribution in [2.75, 3.05) is 7.11 Å². The Balaban J connectivity index is 0. The van der Waals surface area contributed by atoms with Crippen LogP contribution in [0.5, 0.6) is 0 Å². The fourth-order valence-electron chi connectivity index (χ4n) is 0. The summed E-state index contributed by atoms with van der Waals surface area (Å²) in [6, 6.07) is 0. The van der Waals surface area contributed by atoms with E-state index in [0.717, 1.165) is 29.0 Å². The van der Waals surface area contributed by atoms with Gasteiger partial charge in [0, 0.05) is 7.11 Å². The third-order valence-corrected chi connectivity index (χ3v) is 0. The molecule has 0 spiro atoms. The van der Waals surface area contributed by atoms with Crippen LogP contribution >= 0.6 is 8.83 Å². The average Bonchev–Trinajstić information content (AvgIpc) is 1.50. The van der Waals surface area contributed by atoms with Crippen molar-refractivity contribution in [3.8, 4) is 0 Å². The van der Waals surface area contributed by atoms with Crippen molar-refractivity contribution in [3.05, 3.63) is 0 Å². The molecule has 0 aliphatic heterocycles. The number of aliphatic hydroxyl groups excluding tert-OH is 1. The summed E-state index contributed by atoms with van der Waals surface area (Å²) in [5.41, 5.74) is 0. The zero-order chi connectivity index (χ0) is 4.00. The maximum absolute atomic E-state index is 7.00. The Morgan fingerprint density at radius 3 is 1.50 bits per heavy atom. The van der Waals surface area contributed by atoms with Crippen molar-refractivity contribution in [3.63, 3.8) is 0 Å². The van der Waals surface area contributed by atoms with Gasteiger partial charge >= 0.3 is 30.7 Å². The van der Waals surface area contributed by atoms with Gasteiger partial charge in [0.25, 0.3) is 0 Å². The predicted octanol–water partition coefficient (Wildman–Crippen LogP) is -0.618. The molecule has 1 nitrogen and oxygen atoms in total. The molecule has 0 radical (unpaired) electrons. The summed E-state index contributed by atoms with van der Waals surface area (Å²) in [6.07, 6.45) is 0. The molecule has 3 heteroatoms. The Bertz CT molecular complexity index is 8.00. The molecule has 0 unspecified atom stereocenters. The summed E-state index contributed by atoms with van der Waals surface area (Å²) >= 11 is 0.822. The second-order valence-corrected chi connectivity index (χ2v) is 0. The molecular weight excluding hydrogens is 185 g/mol. The van der Waals surface area contributed by atoms with Gasteiger partial charge < -0.3 is 5.11 Å². The van der Waals surface area contributed by atoms with Crippen LogP contribution in [0.4, 0.5) is 0 Å². The van der Waals surface area contributed by atoms with Gasteiger partial charge in [-0.1, -0.05) is 0 Å². The molecule has 0 rings (SSSR count). The molecule has 0 saturated carbocycles. The second kappa shape index (κ2) is 33.6. The Hall–Kier alpha value is 1.07. The van der Waals surface area contributed by atoms with Gasteiger partial charge in [0.2, 0.25) is 0 Å². The fourth-order valence-corrected chi connectivity index (χ4v) is 0. The zero-order valence-corrected chi connectivity index (χ0v) is 6.45. The van der Waals surface area contributed by atoms with Crippen molar-refractivity contribution >= 4 is 30.7 Å². The molecule has 0 heterocycles. The number of halogens is 1. The van der Waals surface area contributed by atoms with E-state index in [2.05, 4.69) is 0 Å². The molecule has 0 aromatic heterocycles. The number of rotatable bonds is 0. The van der Waals surface area contributed by atoms with Crippen LogP contribution in [0.15, 0.2) is 0 Å². The average molecular weight is 191 g/mol. The maximum atomic E-state index is 7.00. The van der Waals surface area contributed by atoms with Crippen molar-refractivity contribution < 1.29 is 5.11 Å². The van der Waals surface area contributed by atoms with Crippen LogP contribution in [0, 0.1) is 0 Å². The molecule has 0 atom stereocenters. The minimum absolute atomic E-state index is 0.822. The van der Waals surface area contributed by atoms with Crippen LogP contribution < -0.4 is 0 Å². The first kappa shape index (κ1) is 8.91. The Morgan fingerprint density at radius 2 is 1.50 bits per heavy atom. The first-order valence-electron chi connectivity index (χ1n) is 0.665. The van der Waals surface area contributed by atoms with Gasteiger partial charge in [0.1, 0.15) is 0 Å². The van der Waals surface area contributed by atoms with Crippen molar-refractivity contribution in [1.29, 1.82) is 0 Å². The summed E-state index contributed by atoms with van der Waals surface area (Å²) in [5, 5.41) is 7.00. The molecule has 0 amide bonds. The molecule has 4 heavy (non-hydrogen) atoms. The van der Waals surface area contributed by atoms with Crippen LogP contribution in [-0.2, 0) is 0 Å². The van der Waals surface area contributed by atoms with Gasteiger partial charge in [-0.15, -0.1) is 0 Å². The summed E-state index contributed by atoms with van der Waals surface area (Å²) < 4.78 is 0. The first-order valence-corrected chi connectivity index (χ1v) is 4.84. The van der Waals surface area contributed by atoms with Crippen molar-refractivity contribution in [1.82, 2.24) is 0 Å². The van der Waals surface area contributed by atoms with Gasteiger partial charge in [-0.05, 0) is 0 Å². The number of hydrogen-bond donors (Lipinski definition) is 1. The van der Waals surface area contributed by atoms with E-state index in [1.807, 2.05) is 0 Å². The Morgan fingerprint density at radius 1 is 1.50 bits per heavy atom. The molecule has 0 saturated heterocycles. The van der Waals surface area contributed by atoms with Gasteiger partial charge in [-0.25, -0.2) is 0 Å². The van der Waals surface area contributed by atoms with Crippen molar-refractivity contribution in [2.45, 2.75) is 0 Å². The molecule has 0 bridgehead atoms. The molecule has 0 aliphatic carbocycles. The Labute approximate surface area is 43.1 Å². The predicted molar refractivity (Wildman–Crippen MR) is 22.5 cm³/mol. The molecule has 28 valence electrons. The van der Waals surface area contributed by atoms with Crippen LogP contribution in [0.25, 0.3) is 0 Å². The molecule has 0 fully saturated rings. The second-order valence-electron chi connectivity index (χ2n) is 0. The van der Waals surface area contributed by atoms with Gasteiger partial charge in [-0.2, -0.15) is 0 Å². The standard InChI is InChI=1S/CH4O.ClH.Sb.2H/c1-2;;;;/h2H,1H3;1H;;;/q;;+1;;/p-1. The molecule has 0 aliphatic rings. The molecule has 1 N–H and O–H groups in total. The van der Waals surface area contributed by atoms with E-state index in [-0.39, 0.29) is 0 Å². The van der Waals surface area contributed by atoms with Crippen molar-refractivity contribution in [2.24, 2.45) is 0 Å². The molecule has 0 aromatic carbocycles. The zero-order valence-electron chi connectivity index (χ0n) is 2.40. The van der Waals surface area contributed by atoms with E-state index in [1.54, 1.807) is 0 Å². The normalized spacial score (nSPS) is 3.00. The third kappa shape index (κ3) is 11.5. The Kier molecular flexibility index (Phi) is 74.8. The van der Waals surface area contributed by atoms with Crippen LogP contribution in [-0.4, -0.2) is 34.1 Å². The van der Waals surface area contributed by atoms with E-state index in [4.69, 9.17) is 13.9 Å². The minimum atomic E-state index is 0.822.